The highest BCUT2D eigenvalue weighted by atomic mass is 16.5. The van der Waals surface area contributed by atoms with Crippen molar-refractivity contribution in [1.29, 1.82) is 0 Å². The molecule has 16 heteroatoms. The molecule has 0 saturated heterocycles. The van der Waals surface area contributed by atoms with Crippen LogP contribution in [-0.2, 0) is 30.4 Å². The molecule has 45 heavy (non-hydrogen) atoms. The summed E-state index contributed by atoms with van der Waals surface area (Å²) in [5.74, 6) is -10.0. The molecule has 0 saturated carbocycles. The Kier molecular flexibility index (Phi) is 15.5. The molecule has 1 rings (SSSR count). The first-order chi connectivity index (χ1) is 20.8. The van der Waals surface area contributed by atoms with Gasteiger partial charge in [-0.15, -0.1) is 0 Å². The van der Waals surface area contributed by atoms with Gasteiger partial charge in [-0.2, -0.15) is 0 Å². The van der Waals surface area contributed by atoms with Crippen LogP contribution in [0.5, 0.6) is 0 Å². The van der Waals surface area contributed by atoms with Gasteiger partial charge < -0.3 is 57.6 Å². The van der Waals surface area contributed by atoms with E-state index in [-0.39, 0.29) is 18.8 Å². The van der Waals surface area contributed by atoms with E-state index < -0.39 is 90.3 Å². The van der Waals surface area contributed by atoms with Crippen molar-refractivity contribution in [2.24, 2.45) is 17.6 Å². The van der Waals surface area contributed by atoms with E-state index in [1.807, 2.05) is 0 Å². The van der Waals surface area contributed by atoms with Gasteiger partial charge in [0.05, 0.1) is 30.9 Å². The van der Waals surface area contributed by atoms with Crippen molar-refractivity contribution in [2.45, 2.75) is 95.7 Å². The van der Waals surface area contributed by atoms with Gasteiger partial charge in [0.1, 0.15) is 24.0 Å². The number of aliphatic hydroxyl groups is 5. The summed E-state index contributed by atoms with van der Waals surface area (Å²) < 4.78 is 0. The minimum absolute atomic E-state index is 0.0205. The van der Waals surface area contributed by atoms with E-state index in [9.17, 15) is 54.6 Å². The fraction of sp³-hybridized carbons (Fsp3) is 0.621. The summed E-state index contributed by atoms with van der Waals surface area (Å²) in [5.41, 5.74) is 6.24. The van der Waals surface area contributed by atoms with Gasteiger partial charge in [-0.25, -0.2) is 4.79 Å². The minimum Gasteiger partial charge on any atom is -0.480 e. The molecule has 0 bridgehead atoms. The summed E-state index contributed by atoms with van der Waals surface area (Å²) in [6.45, 7) is 6.07. The van der Waals surface area contributed by atoms with E-state index in [1.165, 1.54) is 0 Å². The molecule has 0 heterocycles. The molecule has 0 aliphatic rings. The Morgan fingerprint density at radius 2 is 1.24 bits per heavy atom. The van der Waals surface area contributed by atoms with Gasteiger partial charge in [-0.3, -0.25) is 19.2 Å². The lowest BCUT2D eigenvalue weighted by Crippen LogP contribution is -2.66. The number of carboxylic acids is 1. The van der Waals surface area contributed by atoms with E-state index in [1.54, 1.807) is 44.2 Å². The lowest BCUT2D eigenvalue weighted by atomic mass is 9.91. The number of nitrogens with two attached hydrogens (primary N) is 1. The highest BCUT2D eigenvalue weighted by Gasteiger charge is 2.43. The number of aliphatic carboxylic acids is 1. The highest BCUT2D eigenvalue weighted by molar-refractivity contribution is 6.02. The zero-order valence-corrected chi connectivity index (χ0v) is 26.0. The normalized spacial score (nSPS) is 17.1. The van der Waals surface area contributed by atoms with Crippen molar-refractivity contribution in [3.8, 4) is 0 Å². The van der Waals surface area contributed by atoms with Crippen LogP contribution in [0.2, 0.25) is 0 Å². The molecule has 0 aromatic heterocycles. The lowest BCUT2D eigenvalue weighted by Gasteiger charge is -2.37. The molecule has 0 fully saturated rings. The molecule has 1 aromatic rings. The van der Waals surface area contributed by atoms with Crippen LogP contribution in [0.4, 0.5) is 0 Å². The number of benzene rings is 1. The molecule has 16 nitrogen and oxygen atoms in total. The average molecular weight is 642 g/mol. The summed E-state index contributed by atoms with van der Waals surface area (Å²) in [5, 5.41) is 69.4. The molecule has 0 spiro atoms. The van der Waals surface area contributed by atoms with Crippen molar-refractivity contribution in [3.05, 3.63) is 35.9 Å². The molecule has 1 aromatic carbocycles. The van der Waals surface area contributed by atoms with Crippen LogP contribution >= 0.6 is 0 Å². The number of carbonyl (C=O) groups excluding carboxylic acids is 4. The number of hydrogen-bond acceptors (Lipinski definition) is 11. The van der Waals surface area contributed by atoms with E-state index in [2.05, 4.69) is 21.3 Å². The second-order valence-corrected chi connectivity index (χ2v) is 11.5. The Labute approximate surface area is 261 Å². The predicted molar refractivity (Wildman–Crippen MR) is 160 cm³/mol. The number of carboxylic acid groups (broad SMARTS) is 1. The zero-order chi connectivity index (χ0) is 34.6. The van der Waals surface area contributed by atoms with E-state index >= 15 is 0 Å². The maximum absolute atomic E-state index is 13.1. The van der Waals surface area contributed by atoms with Gasteiger partial charge in [0.2, 0.25) is 29.4 Å². The standard InChI is InChI=1S/C29H47N5O11/c1-14(2)11-21(29(44,45)20(30)13-35)32-26(40)22(16(4)36)34-27(41)23(17(5)37)33-25(39)15(3)24(38)31-19(28(42)43)12-18-9-7-6-8-10-18/h6-10,14-17,19-23,35-37,44-45H,11-13,30H2,1-5H3,(H,31,38)(H,32,40)(H,33,39)(H,34,41)(H,42,43)/t15-,16+,17-,19+,20+,21+,22+,23+/m1/s1. The largest absolute Gasteiger partial charge is 0.480 e. The van der Waals surface area contributed by atoms with E-state index in [4.69, 9.17) is 5.73 Å². The van der Waals surface area contributed by atoms with Crippen molar-refractivity contribution in [2.75, 3.05) is 6.61 Å². The van der Waals surface area contributed by atoms with Gasteiger partial charge in [0.25, 0.3) is 0 Å². The topological polar surface area (TPSA) is 281 Å². The molecule has 8 atom stereocenters. The fourth-order valence-corrected chi connectivity index (χ4v) is 4.26. The summed E-state index contributed by atoms with van der Waals surface area (Å²) >= 11 is 0. The van der Waals surface area contributed by atoms with Crippen LogP contribution < -0.4 is 27.0 Å². The summed E-state index contributed by atoms with van der Waals surface area (Å²) in [6.07, 6.45) is -3.20. The summed E-state index contributed by atoms with van der Waals surface area (Å²) in [7, 11) is 0. The molecule has 0 aliphatic heterocycles. The highest BCUT2D eigenvalue weighted by Crippen LogP contribution is 2.19. The van der Waals surface area contributed by atoms with Gasteiger partial charge in [0, 0.05) is 6.42 Å². The lowest BCUT2D eigenvalue weighted by molar-refractivity contribution is -0.207. The maximum atomic E-state index is 13.1. The minimum atomic E-state index is -2.77. The van der Waals surface area contributed by atoms with Gasteiger partial charge in [0.15, 0.2) is 0 Å². The third-order valence-electron chi connectivity index (χ3n) is 7.09. The molecule has 0 unspecified atom stereocenters. The Balaban J connectivity index is 3.04. The maximum Gasteiger partial charge on any atom is 0.326 e. The monoisotopic (exact) mass is 641 g/mol. The van der Waals surface area contributed by atoms with Gasteiger partial charge in [-0.05, 0) is 38.7 Å². The molecule has 0 aliphatic carbocycles. The Hall–Kier alpha value is -3.67. The van der Waals surface area contributed by atoms with E-state index in [0.717, 1.165) is 20.8 Å². The smallest absolute Gasteiger partial charge is 0.326 e. The number of amides is 4. The fourth-order valence-electron chi connectivity index (χ4n) is 4.26. The third kappa shape index (κ3) is 12.0. The quantitative estimate of drug-likeness (QED) is 0.0555. The SMILES string of the molecule is CC(C)C[C@H](NC(=O)[C@@H](NC(=O)[C@@H](NC(=O)[C@H](C)C(=O)N[C@@H](Cc1ccccc1)C(=O)O)[C@@H](C)O)[C@H](C)O)C(O)(O)[C@@H](N)CO. The van der Waals surface area contributed by atoms with Crippen molar-refractivity contribution >= 4 is 29.6 Å². The van der Waals surface area contributed by atoms with Gasteiger partial charge in [-0.1, -0.05) is 44.2 Å². The molecule has 4 amide bonds. The Morgan fingerprint density at radius 3 is 1.69 bits per heavy atom. The van der Waals surface area contributed by atoms with Crippen molar-refractivity contribution < 1.29 is 54.6 Å². The summed E-state index contributed by atoms with van der Waals surface area (Å²) in [4.78, 5) is 63.6. The molecular weight excluding hydrogens is 594 g/mol. The number of nitrogens with one attached hydrogen (secondary N) is 4. The second kappa shape index (κ2) is 17.7. The van der Waals surface area contributed by atoms with Crippen molar-refractivity contribution in [1.82, 2.24) is 21.3 Å². The van der Waals surface area contributed by atoms with Crippen molar-refractivity contribution in [3.63, 3.8) is 0 Å². The molecule has 0 radical (unpaired) electrons. The number of aliphatic hydroxyl groups excluding tert-OH is 3. The van der Waals surface area contributed by atoms with Gasteiger partial charge >= 0.3 is 5.97 Å². The Bertz CT molecular complexity index is 1150. The van der Waals surface area contributed by atoms with E-state index in [0.29, 0.717) is 5.56 Å². The van der Waals surface area contributed by atoms with Crippen LogP contribution in [0.15, 0.2) is 30.3 Å². The predicted octanol–water partition coefficient (Wildman–Crippen LogP) is -3.30. The third-order valence-corrected chi connectivity index (χ3v) is 7.09. The first-order valence-corrected chi connectivity index (χ1v) is 14.5. The Morgan fingerprint density at radius 1 is 0.778 bits per heavy atom. The number of rotatable bonds is 18. The number of carbonyl (C=O) groups is 5. The average Bonchev–Trinajstić information content (AvgIpc) is 2.96. The second-order valence-electron chi connectivity index (χ2n) is 11.5. The zero-order valence-electron chi connectivity index (χ0n) is 26.0. The summed E-state index contributed by atoms with van der Waals surface area (Å²) in [6, 6.07) is 0.651. The molecule has 254 valence electrons. The van der Waals surface area contributed by atoms with Crippen LogP contribution in [0, 0.1) is 11.8 Å². The first kappa shape index (κ1) is 39.4. The molecular formula is C29H47N5O11. The molecule has 12 N–H and O–H groups in total. The number of hydrogen-bond donors (Lipinski definition) is 11. The van der Waals surface area contributed by atoms with Crippen LogP contribution in [0.1, 0.15) is 46.6 Å². The van der Waals surface area contributed by atoms with Crippen LogP contribution in [0.3, 0.4) is 0 Å². The first-order valence-electron chi connectivity index (χ1n) is 14.5. The van der Waals surface area contributed by atoms with Crippen LogP contribution in [-0.4, -0.2) is 115 Å². The van der Waals surface area contributed by atoms with Crippen LogP contribution in [0.25, 0.3) is 0 Å².